The van der Waals surface area contributed by atoms with Crippen LogP contribution in [0.5, 0.6) is 5.75 Å². The fourth-order valence-electron chi connectivity index (χ4n) is 2.81. The van der Waals surface area contributed by atoms with E-state index < -0.39 is 0 Å². The Labute approximate surface area is 130 Å². The minimum Gasteiger partial charge on any atom is -0.492 e. The van der Waals surface area contributed by atoms with Crippen molar-refractivity contribution in [3.63, 3.8) is 0 Å². The zero-order chi connectivity index (χ0) is 15.5. The average Bonchev–Trinajstić information content (AvgIpc) is 3.09. The molecule has 1 aromatic carbocycles. The molecule has 1 aromatic heterocycles. The van der Waals surface area contributed by atoms with Crippen LogP contribution in [0.3, 0.4) is 0 Å². The SMILES string of the molecule is Cn1nccc1-c1cc(N)ccc1OCCN1CC[C@H](O)C1. The summed E-state index contributed by atoms with van der Waals surface area (Å²) in [5.41, 5.74) is 8.52. The number of hydrogen-bond donors (Lipinski definition) is 2. The lowest BCUT2D eigenvalue weighted by Crippen LogP contribution is -2.27. The topological polar surface area (TPSA) is 76.5 Å². The quantitative estimate of drug-likeness (QED) is 0.809. The second-order valence-electron chi connectivity index (χ2n) is 5.69. The number of aliphatic hydroxyl groups is 1. The molecular formula is C16H22N4O2. The maximum Gasteiger partial charge on any atom is 0.128 e. The fraction of sp³-hybridized carbons (Fsp3) is 0.438. The number of likely N-dealkylation sites (tertiary alicyclic amines) is 1. The predicted octanol–water partition coefficient (Wildman–Crippen LogP) is 1.11. The van der Waals surface area contributed by atoms with Gasteiger partial charge in [0, 0.05) is 44.1 Å². The molecule has 3 rings (SSSR count). The van der Waals surface area contributed by atoms with Crippen molar-refractivity contribution in [2.75, 3.05) is 32.0 Å². The van der Waals surface area contributed by atoms with Gasteiger partial charge in [-0.25, -0.2) is 0 Å². The standard InChI is InChI=1S/C16H22N4O2/c1-19-15(4-6-18-19)14-10-12(17)2-3-16(14)22-9-8-20-7-5-13(21)11-20/h2-4,6,10,13,21H,5,7-9,11,17H2,1H3/t13-/m0/s1. The maximum absolute atomic E-state index is 9.54. The van der Waals surface area contributed by atoms with Gasteiger partial charge >= 0.3 is 0 Å². The number of hydrogen-bond acceptors (Lipinski definition) is 5. The van der Waals surface area contributed by atoms with Gasteiger partial charge in [0.2, 0.25) is 0 Å². The monoisotopic (exact) mass is 302 g/mol. The lowest BCUT2D eigenvalue weighted by Gasteiger charge is -2.17. The summed E-state index contributed by atoms with van der Waals surface area (Å²) in [5, 5.41) is 13.7. The molecule has 6 heteroatoms. The van der Waals surface area contributed by atoms with Crippen LogP contribution in [0.1, 0.15) is 6.42 Å². The van der Waals surface area contributed by atoms with Crippen molar-refractivity contribution in [2.24, 2.45) is 7.05 Å². The van der Waals surface area contributed by atoms with Crippen LogP contribution in [0.25, 0.3) is 11.3 Å². The molecule has 0 spiro atoms. The van der Waals surface area contributed by atoms with E-state index in [1.165, 1.54) is 0 Å². The molecule has 2 heterocycles. The Morgan fingerprint density at radius 1 is 1.41 bits per heavy atom. The molecule has 1 aliphatic heterocycles. The highest BCUT2D eigenvalue weighted by atomic mass is 16.5. The molecule has 22 heavy (non-hydrogen) atoms. The second-order valence-corrected chi connectivity index (χ2v) is 5.69. The van der Waals surface area contributed by atoms with Crippen LogP contribution in [-0.2, 0) is 7.05 Å². The third kappa shape index (κ3) is 3.23. The van der Waals surface area contributed by atoms with Gasteiger partial charge in [-0.3, -0.25) is 9.58 Å². The summed E-state index contributed by atoms with van der Waals surface area (Å²) in [6, 6.07) is 7.59. The van der Waals surface area contributed by atoms with E-state index in [2.05, 4.69) is 10.00 Å². The molecule has 3 N–H and O–H groups in total. The number of ether oxygens (including phenoxy) is 1. The number of rotatable bonds is 5. The van der Waals surface area contributed by atoms with Crippen LogP contribution in [-0.4, -0.2) is 52.1 Å². The Bertz CT molecular complexity index is 641. The van der Waals surface area contributed by atoms with E-state index in [9.17, 15) is 5.11 Å². The average molecular weight is 302 g/mol. The number of nitrogens with zero attached hydrogens (tertiary/aromatic N) is 3. The van der Waals surface area contributed by atoms with Gasteiger partial charge < -0.3 is 15.6 Å². The van der Waals surface area contributed by atoms with Gasteiger partial charge in [-0.15, -0.1) is 0 Å². The first-order valence-corrected chi connectivity index (χ1v) is 7.54. The Balaban J connectivity index is 1.69. The van der Waals surface area contributed by atoms with Gasteiger partial charge in [-0.05, 0) is 30.7 Å². The number of aryl methyl sites for hydroxylation is 1. The van der Waals surface area contributed by atoms with Crippen LogP contribution in [0.2, 0.25) is 0 Å². The highest BCUT2D eigenvalue weighted by molar-refractivity contribution is 5.71. The minimum absolute atomic E-state index is 0.193. The summed E-state index contributed by atoms with van der Waals surface area (Å²) in [4.78, 5) is 2.21. The summed E-state index contributed by atoms with van der Waals surface area (Å²) in [6.45, 7) is 3.06. The lowest BCUT2D eigenvalue weighted by molar-refractivity contribution is 0.167. The van der Waals surface area contributed by atoms with Crippen molar-refractivity contribution in [1.29, 1.82) is 0 Å². The Morgan fingerprint density at radius 3 is 2.95 bits per heavy atom. The van der Waals surface area contributed by atoms with Crippen molar-refractivity contribution in [3.05, 3.63) is 30.5 Å². The van der Waals surface area contributed by atoms with Crippen LogP contribution >= 0.6 is 0 Å². The summed E-state index contributed by atoms with van der Waals surface area (Å²) >= 11 is 0. The van der Waals surface area contributed by atoms with Crippen molar-refractivity contribution in [2.45, 2.75) is 12.5 Å². The third-order valence-corrected chi connectivity index (χ3v) is 4.01. The Kier molecular flexibility index (Phi) is 4.31. The molecule has 0 unspecified atom stereocenters. The largest absolute Gasteiger partial charge is 0.492 e. The smallest absolute Gasteiger partial charge is 0.128 e. The van der Waals surface area contributed by atoms with E-state index in [1.54, 1.807) is 10.9 Å². The van der Waals surface area contributed by atoms with Crippen molar-refractivity contribution < 1.29 is 9.84 Å². The number of nitrogens with two attached hydrogens (primary N) is 1. The summed E-state index contributed by atoms with van der Waals surface area (Å²) in [7, 11) is 1.90. The lowest BCUT2D eigenvalue weighted by atomic mass is 10.1. The molecular weight excluding hydrogens is 280 g/mol. The summed E-state index contributed by atoms with van der Waals surface area (Å²) in [5.74, 6) is 0.803. The van der Waals surface area contributed by atoms with E-state index in [1.807, 2.05) is 31.3 Å². The normalized spacial score (nSPS) is 18.7. The van der Waals surface area contributed by atoms with Crippen LogP contribution in [0, 0.1) is 0 Å². The molecule has 6 nitrogen and oxygen atoms in total. The minimum atomic E-state index is -0.193. The first-order chi connectivity index (χ1) is 10.6. The molecule has 118 valence electrons. The number of anilines is 1. The molecule has 2 aromatic rings. The molecule has 0 aliphatic carbocycles. The third-order valence-electron chi connectivity index (χ3n) is 4.01. The van der Waals surface area contributed by atoms with Gasteiger partial charge in [-0.1, -0.05) is 0 Å². The zero-order valence-corrected chi connectivity index (χ0v) is 12.8. The number of aromatic nitrogens is 2. The second kappa shape index (κ2) is 6.37. The molecule has 1 fully saturated rings. The molecule has 0 bridgehead atoms. The van der Waals surface area contributed by atoms with Gasteiger partial charge in [0.25, 0.3) is 0 Å². The highest BCUT2D eigenvalue weighted by Gasteiger charge is 2.19. The molecule has 0 radical (unpaired) electrons. The Hall–Kier alpha value is -2.05. The van der Waals surface area contributed by atoms with Gasteiger partial charge in [0.15, 0.2) is 0 Å². The molecule has 1 saturated heterocycles. The highest BCUT2D eigenvalue weighted by Crippen LogP contribution is 2.31. The number of nitrogen functional groups attached to an aromatic ring is 1. The van der Waals surface area contributed by atoms with Crippen LogP contribution in [0.15, 0.2) is 30.5 Å². The van der Waals surface area contributed by atoms with Crippen LogP contribution < -0.4 is 10.5 Å². The maximum atomic E-state index is 9.54. The van der Waals surface area contributed by atoms with E-state index in [4.69, 9.17) is 10.5 Å². The fourth-order valence-corrected chi connectivity index (χ4v) is 2.81. The van der Waals surface area contributed by atoms with E-state index in [0.29, 0.717) is 12.3 Å². The number of aliphatic hydroxyl groups excluding tert-OH is 1. The van der Waals surface area contributed by atoms with E-state index in [0.717, 1.165) is 43.1 Å². The van der Waals surface area contributed by atoms with Crippen molar-refractivity contribution >= 4 is 5.69 Å². The molecule has 0 amide bonds. The Morgan fingerprint density at radius 2 is 2.27 bits per heavy atom. The number of β-amino-alcohol motifs (C(OH)–C–C–N with tert-alkyl or cyclic N) is 1. The predicted molar refractivity (Wildman–Crippen MR) is 85.6 cm³/mol. The molecule has 0 saturated carbocycles. The van der Waals surface area contributed by atoms with Crippen LogP contribution in [0.4, 0.5) is 5.69 Å². The van der Waals surface area contributed by atoms with Crippen molar-refractivity contribution in [1.82, 2.24) is 14.7 Å². The number of benzene rings is 1. The van der Waals surface area contributed by atoms with E-state index >= 15 is 0 Å². The van der Waals surface area contributed by atoms with Gasteiger partial charge in [0.1, 0.15) is 12.4 Å². The molecule has 1 aliphatic rings. The first kappa shape index (κ1) is 14.9. The zero-order valence-electron chi connectivity index (χ0n) is 12.8. The molecule has 1 atom stereocenters. The van der Waals surface area contributed by atoms with Gasteiger partial charge in [-0.2, -0.15) is 5.10 Å². The first-order valence-electron chi connectivity index (χ1n) is 7.54. The van der Waals surface area contributed by atoms with Gasteiger partial charge in [0.05, 0.1) is 11.8 Å². The summed E-state index contributed by atoms with van der Waals surface area (Å²) < 4.78 is 7.75. The van der Waals surface area contributed by atoms with E-state index in [-0.39, 0.29) is 6.10 Å². The summed E-state index contributed by atoms with van der Waals surface area (Å²) in [6.07, 6.45) is 2.41. The van der Waals surface area contributed by atoms with Crippen molar-refractivity contribution in [3.8, 4) is 17.0 Å².